The summed E-state index contributed by atoms with van der Waals surface area (Å²) in [5.41, 5.74) is 2.28. The van der Waals surface area contributed by atoms with Crippen LogP contribution in [0, 0.1) is 19.8 Å². The Morgan fingerprint density at radius 1 is 1.25 bits per heavy atom. The van der Waals surface area contributed by atoms with Crippen LogP contribution in [-0.2, 0) is 11.4 Å². The van der Waals surface area contributed by atoms with Gasteiger partial charge in [-0.3, -0.25) is 4.79 Å². The number of carbonyl (C=O) groups is 1. The number of rotatable bonds is 7. The monoisotopic (exact) mass is 403 g/mol. The van der Waals surface area contributed by atoms with E-state index in [1.54, 1.807) is 0 Å². The largest absolute Gasteiger partial charge is 0.486 e. The number of aryl methyl sites for hydroxylation is 2. The third-order valence-electron chi connectivity index (χ3n) is 5.09. The summed E-state index contributed by atoms with van der Waals surface area (Å²) in [6, 6.07) is 6.30. The Morgan fingerprint density at radius 2 is 1.96 bits per heavy atom. The van der Waals surface area contributed by atoms with Gasteiger partial charge in [-0.2, -0.15) is 0 Å². The molecular weight excluding hydrogens is 374 g/mol. The van der Waals surface area contributed by atoms with Gasteiger partial charge >= 0.3 is 0 Å². The van der Waals surface area contributed by atoms with Crippen LogP contribution < -0.4 is 15.9 Å². The predicted octanol–water partition coefficient (Wildman–Crippen LogP) is 2.97. The molecule has 1 aromatic heterocycles. The number of ether oxygens (including phenoxy) is 1. The summed E-state index contributed by atoms with van der Waals surface area (Å²) in [5, 5.41) is 11.8. The van der Waals surface area contributed by atoms with E-state index in [9.17, 15) is 4.79 Å². The van der Waals surface area contributed by atoms with Crippen molar-refractivity contribution in [2.24, 2.45) is 5.92 Å². The number of nitrogens with zero attached hydrogens (tertiary/aromatic N) is 3. The standard InChI is InChI=1S/C20H29N5O2S/c1-13-8-14(2)10-16(9-13)27-11-18-23-24-20(25(18)21)28-12-19(26)22-17-7-5-4-6-15(17)3/h8-10,15,17H,4-7,11-12,21H2,1-3H3,(H,22,26)/t15-,17+/m0/s1. The summed E-state index contributed by atoms with van der Waals surface area (Å²) in [4.78, 5) is 12.3. The van der Waals surface area contributed by atoms with Crippen LogP contribution in [0.1, 0.15) is 49.6 Å². The van der Waals surface area contributed by atoms with E-state index in [-0.39, 0.29) is 24.3 Å². The first-order valence-electron chi connectivity index (χ1n) is 9.75. The minimum atomic E-state index is 0.0137. The van der Waals surface area contributed by atoms with Crippen molar-refractivity contribution in [3.8, 4) is 5.75 Å². The van der Waals surface area contributed by atoms with Gasteiger partial charge in [0.2, 0.25) is 11.1 Å². The molecule has 0 bridgehead atoms. The molecule has 2 aromatic rings. The minimum absolute atomic E-state index is 0.0137. The highest BCUT2D eigenvalue weighted by Gasteiger charge is 2.23. The zero-order valence-electron chi connectivity index (χ0n) is 16.8. The van der Waals surface area contributed by atoms with E-state index in [2.05, 4.69) is 28.5 Å². The number of carbonyl (C=O) groups excluding carboxylic acids is 1. The van der Waals surface area contributed by atoms with Crippen LogP contribution in [0.3, 0.4) is 0 Å². The van der Waals surface area contributed by atoms with Crippen LogP contribution in [-0.4, -0.2) is 32.6 Å². The molecule has 3 N–H and O–H groups in total. The van der Waals surface area contributed by atoms with Gasteiger partial charge in [0.15, 0.2) is 5.82 Å². The first-order valence-corrected chi connectivity index (χ1v) is 10.7. The first kappa shape index (κ1) is 20.5. The summed E-state index contributed by atoms with van der Waals surface area (Å²) in [5.74, 6) is 8.19. The molecule has 152 valence electrons. The lowest BCUT2D eigenvalue weighted by Gasteiger charge is -2.29. The molecule has 1 saturated carbocycles. The second-order valence-electron chi connectivity index (χ2n) is 7.61. The quantitative estimate of drug-likeness (QED) is 0.545. The highest BCUT2D eigenvalue weighted by atomic mass is 32.2. The van der Waals surface area contributed by atoms with E-state index >= 15 is 0 Å². The van der Waals surface area contributed by atoms with E-state index in [4.69, 9.17) is 10.6 Å². The molecule has 1 amide bonds. The van der Waals surface area contributed by atoms with Crippen molar-refractivity contribution in [3.63, 3.8) is 0 Å². The lowest BCUT2D eigenvalue weighted by molar-refractivity contribution is -0.119. The van der Waals surface area contributed by atoms with Crippen LogP contribution in [0.15, 0.2) is 23.4 Å². The third kappa shape index (κ3) is 5.41. The van der Waals surface area contributed by atoms with E-state index in [1.807, 2.05) is 26.0 Å². The predicted molar refractivity (Wildman–Crippen MR) is 111 cm³/mol. The Morgan fingerprint density at radius 3 is 2.68 bits per heavy atom. The second-order valence-corrected chi connectivity index (χ2v) is 8.55. The Labute approximate surface area is 170 Å². The first-order chi connectivity index (χ1) is 13.4. The molecule has 1 aliphatic carbocycles. The van der Waals surface area contributed by atoms with Gasteiger partial charge in [0.25, 0.3) is 0 Å². The maximum Gasteiger partial charge on any atom is 0.230 e. The lowest BCUT2D eigenvalue weighted by atomic mass is 9.86. The average Bonchev–Trinajstić information content (AvgIpc) is 2.99. The number of hydrogen-bond acceptors (Lipinski definition) is 6. The number of nitrogens with one attached hydrogen (secondary N) is 1. The molecule has 2 atom stereocenters. The van der Waals surface area contributed by atoms with Crippen molar-refractivity contribution < 1.29 is 9.53 Å². The fourth-order valence-corrected chi connectivity index (χ4v) is 4.26. The van der Waals surface area contributed by atoms with Crippen LogP contribution in [0.5, 0.6) is 5.75 Å². The van der Waals surface area contributed by atoms with Crippen molar-refractivity contribution in [3.05, 3.63) is 35.2 Å². The van der Waals surface area contributed by atoms with Crippen LogP contribution in [0.2, 0.25) is 0 Å². The van der Waals surface area contributed by atoms with E-state index in [0.29, 0.717) is 16.9 Å². The van der Waals surface area contributed by atoms with Crippen molar-refractivity contribution in [1.29, 1.82) is 0 Å². The molecule has 1 fully saturated rings. The molecule has 0 aliphatic heterocycles. The van der Waals surface area contributed by atoms with Crippen molar-refractivity contribution in [2.45, 2.75) is 64.3 Å². The van der Waals surface area contributed by atoms with Gasteiger partial charge in [0.05, 0.1) is 5.75 Å². The number of nitrogens with two attached hydrogens (primary N) is 1. The highest BCUT2D eigenvalue weighted by Crippen LogP contribution is 2.24. The van der Waals surface area contributed by atoms with Gasteiger partial charge in [0.1, 0.15) is 12.4 Å². The molecule has 7 nitrogen and oxygen atoms in total. The SMILES string of the molecule is Cc1cc(C)cc(OCc2nnc(SCC(=O)N[C@@H]3CCCC[C@@H]3C)n2N)c1. The number of hydrogen-bond donors (Lipinski definition) is 2. The fraction of sp³-hybridized carbons (Fsp3) is 0.550. The van der Waals surface area contributed by atoms with Crippen LogP contribution in [0.4, 0.5) is 0 Å². The van der Waals surface area contributed by atoms with Crippen molar-refractivity contribution in [2.75, 3.05) is 11.6 Å². The van der Waals surface area contributed by atoms with Gasteiger partial charge in [-0.15, -0.1) is 10.2 Å². The van der Waals surface area contributed by atoms with Gasteiger partial charge in [-0.05, 0) is 55.9 Å². The summed E-state index contributed by atoms with van der Waals surface area (Å²) in [6.45, 7) is 6.48. The molecule has 0 saturated heterocycles. The molecule has 1 aliphatic rings. The normalized spacial score (nSPS) is 19.4. The number of aromatic nitrogens is 3. The maximum absolute atomic E-state index is 12.3. The molecule has 28 heavy (non-hydrogen) atoms. The molecular formula is C20H29N5O2S. The summed E-state index contributed by atoms with van der Waals surface area (Å²) >= 11 is 1.29. The zero-order chi connectivity index (χ0) is 20.1. The summed E-state index contributed by atoms with van der Waals surface area (Å²) in [7, 11) is 0. The average molecular weight is 404 g/mol. The molecule has 0 radical (unpaired) electrons. The molecule has 3 rings (SSSR count). The zero-order valence-corrected chi connectivity index (χ0v) is 17.6. The Balaban J connectivity index is 1.50. The lowest BCUT2D eigenvalue weighted by Crippen LogP contribution is -2.41. The van der Waals surface area contributed by atoms with E-state index in [1.165, 1.54) is 35.7 Å². The Kier molecular flexibility index (Phi) is 6.83. The smallest absolute Gasteiger partial charge is 0.230 e. The number of nitrogen functional groups attached to an aromatic ring is 1. The van der Waals surface area contributed by atoms with Crippen molar-refractivity contribution >= 4 is 17.7 Å². The molecule has 1 aromatic carbocycles. The highest BCUT2D eigenvalue weighted by molar-refractivity contribution is 7.99. The number of benzene rings is 1. The van der Waals surface area contributed by atoms with Crippen LogP contribution >= 0.6 is 11.8 Å². The van der Waals surface area contributed by atoms with Gasteiger partial charge in [0, 0.05) is 6.04 Å². The van der Waals surface area contributed by atoms with Crippen molar-refractivity contribution in [1.82, 2.24) is 20.2 Å². The summed E-state index contributed by atoms with van der Waals surface area (Å²) < 4.78 is 7.19. The number of thioether (sulfide) groups is 1. The summed E-state index contributed by atoms with van der Waals surface area (Å²) in [6.07, 6.45) is 4.68. The minimum Gasteiger partial charge on any atom is -0.486 e. The second kappa shape index (κ2) is 9.32. The van der Waals surface area contributed by atoms with Gasteiger partial charge < -0.3 is 15.9 Å². The van der Waals surface area contributed by atoms with Crippen LogP contribution in [0.25, 0.3) is 0 Å². The molecule has 1 heterocycles. The van der Waals surface area contributed by atoms with Gasteiger partial charge in [-0.1, -0.05) is 37.6 Å². The maximum atomic E-state index is 12.3. The van der Waals surface area contributed by atoms with Gasteiger partial charge in [-0.25, -0.2) is 4.68 Å². The van der Waals surface area contributed by atoms with E-state index < -0.39 is 0 Å². The Hall–Kier alpha value is -2.22. The molecule has 0 spiro atoms. The topological polar surface area (TPSA) is 95.1 Å². The third-order valence-corrected chi connectivity index (χ3v) is 6.03. The van der Waals surface area contributed by atoms with E-state index in [0.717, 1.165) is 23.3 Å². The molecule has 0 unspecified atom stereocenters. The Bertz CT molecular complexity index is 803. The number of amides is 1. The fourth-order valence-electron chi connectivity index (χ4n) is 3.58. The molecule has 8 heteroatoms.